The molecule has 1 unspecified atom stereocenters. The van der Waals surface area contributed by atoms with Gasteiger partial charge in [0.25, 0.3) is 0 Å². The van der Waals surface area contributed by atoms with Gasteiger partial charge in [-0.3, -0.25) is 20.4 Å². The number of carbonyl (C=O) groups excluding carboxylic acids is 5. The van der Waals surface area contributed by atoms with Crippen molar-refractivity contribution in [2.45, 2.75) is 134 Å². The van der Waals surface area contributed by atoms with Crippen LogP contribution in [-0.2, 0) is 30.2 Å². The van der Waals surface area contributed by atoms with Crippen LogP contribution >= 0.6 is 0 Å². The number of ether oxygens (including phenoxy) is 3. The number of β-lactam (4-membered cyclic amide) rings is 1. The van der Waals surface area contributed by atoms with Crippen molar-refractivity contribution in [3.05, 3.63) is 35.9 Å². The van der Waals surface area contributed by atoms with Gasteiger partial charge in [-0.2, -0.15) is 0 Å². The maximum Gasteiger partial charge on any atom is 0.413 e. The number of hydrogen-bond donors (Lipinski definition) is 2. The van der Waals surface area contributed by atoms with Gasteiger partial charge in [0.05, 0.1) is 25.7 Å². The summed E-state index contributed by atoms with van der Waals surface area (Å²) in [6.45, 7) is 2.08. The third-order valence-electron chi connectivity index (χ3n) is 12.8. The van der Waals surface area contributed by atoms with E-state index in [1.165, 1.54) is 24.8 Å². The summed E-state index contributed by atoms with van der Waals surface area (Å²) in [7, 11) is 0. The first-order valence-electron chi connectivity index (χ1n) is 22.1. The van der Waals surface area contributed by atoms with Crippen LogP contribution in [0, 0.1) is 29.6 Å². The number of aliphatic imine (C=N–C) groups is 1. The molecule has 57 heavy (non-hydrogen) atoms. The first-order chi connectivity index (χ1) is 27.8. The summed E-state index contributed by atoms with van der Waals surface area (Å²) in [5.41, 5.74) is 1.27. The number of amides is 5. The number of nitrogens with zero attached hydrogens (tertiary/aromatic N) is 3. The Bertz CT molecular complexity index is 1460. The normalized spacial score (nSPS) is 22.6. The smallest absolute Gasteiger partial charge is 0.413 e. The van der Waals surface area contributed by atoms with Gasteiger partial charge in [-0.1, -0.05) is 88.1 Å². The third-order valence-corrected chi connectivity index (χ3v) is 12.8. The Morgan fingerprint density at radius 3 is 1.68 bits per heavy atom. The average molecular weight is 792 g/mol. The van der Waals surface area contributed by atoms with E-state index in [9.17, 15) is 24.0 Å². The number of likely N-dealkylation sites (tertiary alicyclic amines) is 2. The highest BCUT2D eigenvalue weighted by atomic mass is 16.6. The van der Waals surface area contributed by atoms with Crippen LogP contribution in [0.25, 0.3) is 0 Å². The first-order valence-corrected chi connectivity index (χ1v) is 22.1. The van der Waals surface area contributed by atoms with E-state index in [2.05, 4.69) is 27.8 Å². The van der Waals surface area contributed by atoms with Crippen molar-refractivity contribution in [3.8, 4) is 0 Å². The number of carbonyl (C=O) groups is 5. The highest BCUT2D eigenvalue weighted by molar-refractivity contribution is 6.08. The Balaban J connectivity index is 1.04. The van der Waals surface area contributed by atoms with E-state index >= 15 is 0 Å². The second kappa shape index (κ2) is 22.1. The molecule has 314 valence electrons. The van der Waals surface area contributed by atoms with Gasteiger partial charge in [0.1, 0.15) is 0 Å². The summed E-state index contributed by atoms with van der Waals surface area (Å²) in [5, 5.41) is 5.15. The number of rotatable bonds is 13. The number of esters is 1. The van der Waals surface area contributed by atoms with Crippen molar-refractivity contribution in [1.29, 1.82) is 0 Å². The Morgan fingerprint density at radius 2 is 1.16 bits per heavy atom. The summed E-state index contributed by atoms with van der Waals surface area (Å²) in [6, 6.07) is 8.90. The molecule has 5 fully saturated rings. The van der Waals surface area contributed by atoms with Gasteiger partial charge in [-0.15, -0.1) is 0 Å². The maximum absolute atomic E-state index is 13.9. The standard InChI is InChI=1S/C44H65N5O8/c50-39-37(22-13-25-45-41(46-42(52)56-30-35-18-9-3-10-19-35)47-43(53)57-31-36-20-11-4-12-21-36)38(40(51)55-29-34-16-7-2-8-17-34)49(39)44(54)48-26-23-33(24-27-48)28-32-14-5-1-6-15-32/h1,5-6,14-15,33-38H,2-4,7-13,16-31H2,(H2,45,46,47,52,53)/t37-,38?/m1/s1. The predicted molar refractivity (Wildman–Crippen MR) is 215 cm³/mol. The number of alkyl carbamates (subject to hydrolysis) is 2. The van der Waals surface area contributed by atoms with E-state index in [1.54, 1.807) is 4.90 Å². The van der Waals surface area contributed by atoms with E-state index in [1.807, 2.05) is 18.2 Å². The molecule has 0 spiro atoms. The molecule has 13 nitrogen and oxygen atoms in total. The number of guanidine groups is 1. The fourth-order valence-corrected chi connectivity index (χ4v) is 9.35. The molecule has 13 heteroatoms. The minimum atomic E-state index is -1.00. The lowest BCUT2D eigenvalue weighted by Crippen LogP contribution is -2.69. The van der Waals surface area contributed by atoms with Crippen molar-refractivity contribution in [2.75, 3.05) is 39.5 Å². The molecule has 3 saturated carbocycles. The second-order valence-electron chi connectivity index (χ2n) is 17.1. The Hall–Kier alpha value is -4.16. The van der Waals surface area contributed by atoms with Crippen LogP contribution in [-0.4, -0.2) is 91.4 Å². The van der Waals surface area contributed by atoms with Gasteiger partial charge in [-0.05, 0) is 99.9 Å². The van der Waals surface area contributed by atoms with Crippen LogP contribution in [0.2, 0.25) is 0 Å². The maximum atomic E-state index is 13.9. The quantitative estimate of drug-likeness (QED) is 0.0513. The Morgan fingerprint density at radius 1 is 0.649 bits per heavy atom. The van der Waals surface area contributed by atoms with Crippen LogP contribution in [0.4, 0.5) is 14.4 Å². The molecule has 1 aromatic rings. The lowest BCUT2D eigenvalue weighted by atomic mass is 9.83. The molecule has 1 aromatic carbocycles. The molecule has 3 aliphatic carbocycles. The number of benzene rings is 1. The summed E-state index contributed by atoms with van der Waals surface area (Å²) in [6.07, 6.45) is 18.2. The molecule has 0 radical (unpaired) electrons. The van der Waals surface area contributed by atoms with Gasteiger partial charge in [0.2, 0.25) is 11.9 Å². The van der Waals surface area contributed by atoms with Crippen LogP contribution in [0.15, 0.2) is 35.3 Å². The van der Waals surface area contributed by atoms with Gasteiger partial charge in [0.15, 0.2) is 6.04 Å². The summed E-state index contributed by atoms with van der Waals surface area (Å²) in [4.78, 5) is 74.1. The first kappa shape index (κ1) is 42.4. The number of urea groups is 1. The number of piperidine rings is 1. The van der Waals surface area contributed by atoms with Crippen molar-refractivity contribution < 1.29 is 38.2 Å². The number of imide groups is 1. The molecule has 0 aromatic heterocycles. The van der Waals surface area contributed by atoms with E-state index in [0.29, 0.717) is 63.0 Å². The van der Waals surface area contributed by atoms with Gasteiger partial charge >= 0.3 is 24.2 Å². The zero-order valence-electron chi connectivity index (χ0n) is 33.8. The second-order valence-corrected chi connectivity index (χ2v) is 17.1. The molecule has 2 N–H and O–H groups in total. The number of hydrogen-bond acceptors (Lipinski definition) is 9. The van der Waals surface area contributed by atoms with Crippen molar-refractivity contribution in [1.82, 2.24) is 20.4 Å². The summed E-state index contributed by atoms with van der Waals surface area (Å²) in [5.74, 6) is -0.370. The molecule has 2 aliphatic heterocycles. The fraction of sp³-hybridized carbons (Fsp3) is 0.727. The van der Waals surface area contributed by atoms with E-state index < -0.39 is 36.1 Å². The molecule has 6 rings (SSSR count). The highest BCUT2D eigenvalue weighted by Gasteiger charge is 2.56. The average Bonchev–Trinajstić information content (AvgIpc) is 3.24. The largest absolute Gasteiger partial charge is 0.464 e. The summed E-state index contributed by atoms with van der Waals surface area (Å²) < 4.78 is 16.8. The monoisotopic (exact) mass is 791 g/mol. The van der Waals surface area contributed by atoms with Crippen molar-refractivity contribution in [2.24, 2.45) is 34.6 Å². The van der Waals surface area contributed by atoms with Gasteiger partial charge in [0, 0.05) is 19.6 Å². The van der Waals surface area contributed by atoms with Crippen molar-refractivity contribution >= 4 is 36.1 Å². The van der Waals surface area contributed by atoms with E-state index in [4.69, 9.17) is 14.2 Å². The van der Waals surface area contributed by atoms with Crippen LogP contribution < -0.4 is 10.6 Å². The number of nitrogens with one attached hydrogen (secondary N) is 2. The van der Waals surface area contributed by atoms with Gasteiger partial charge in [-0.25, -0.2) is 24.1 Å². The molecule has 0 bridgehead atoms. The fourth-order valence-electron chi connectivity index (χ4n) is 9.35. The minimum Gasteiger partial charge on any atom is -0.464 e. The van der Waals surface area contributed by atoms with Crippen molar-refractivity contribution in [3.63, 3.8) is 0 Å². The lowest BCUT2D eigenvalue weighted by molar-refractivity contribution is -0.171. The van der Waals surface area contributed by atoms with Crippen LogP contribution in [0.1, 0.15) is 128 Å². The molecular formula is C44H65N5O8. The Kier molecular flexibility index (Phi) is 16.5. The van der Waals surface area contributed by atoms with Crippen LogP contribution in [0.3, 0.4) is 0 Å². The zero-order valence-corrected chi connectivity index (χ0v) is 33.8. The zero-order chi connectivity index (χ0) is 39.8. The highest BCUT2D eigenvalue weighted by Crippen LogP contribution is 2.35. The van der Waals surface area contributed by atoms with E-state index in [-0.39, 0.29) is 24.8 Å². The molecule has 2 saturated heterocycles. The SMILES string of the molecule is O=C(NC(=NCCC[C@H]1C(=O)N(C(=O)N2CCC(Cc3ccccc3)CC2)C1C(=O)OCC1CCCCC1)NC(=O)OCC1CCCCC1)OCC1CCCCC1. The molecule has 2 heterocycles. The van der Waals surface area contributed by atoms with Gasteiger partial charge < -0.3 is 19.1 Å². The molecule has 2 atom stereocenters. The predicted octanol–water partition coefficient (Wildman–Crippen LogP) is 7.76. The molecule has 5 amide bonds. The molecule has 5 aliphatic rings. The summed E-state index contributed by atoms with van der Waals surface area (Å²) >= 11 is 0. The van der Waals surface area contributed by atoms with Crippen LogP contribution in [0.5, 0.6) is 0 Å². The topological polar surface area (TPSA) is 156 Å². The minimum absolute atomic E-state index is 0.0897. The third kappa shape index (κ3) is 12.9. The van der Waals surface area contributed by atoms with E-state index in [0.717, 1.165) is 101 Å². The lowest BCUT2D eigenvalue weighted by Gasteiger charge is -2.46. The molecular weight excluding hydrogens is 727 g/mol. The Labute approximate surface area is 338 Å².